The normalized spacial score (nSPS) is 14.1. The van der Waals surface area contributed by atoms with Crippen LogP contribution < -0.4 is 4.90 Å². The van der Waals surface area contributed by atoms with Crippen molar-refractivity contribution in [3.8, 4) is 17.4 Å². The Balaban J connectivity index is 2.07. The van der Waals surface area contributed by atoms with Crippen LogP contribution in [0.2, 0.25) is 0 Å². The van der Waals surface area contributed by atoms with E-state index in [0.29, 0.717) is 23.1 Å². The van der Waals surface area contributed by atoms with Crippen molar-refractivity contribution in [2.75, 3.05) is 11.9 Å². The molecule has 1 aromatic carbocycles. The van der Waals surface area contributed by atoms with Gasteiger partial charge in [0.15, 0.2) is 11.5 Å². The fourth-order valence-electron chi connectivity index (χ4n) is 2.33. The van der Waals surface area contributed by atoms with Crippen LogP contribution in [0, 0.1) is 11.3 Å². The minimum atomic E-state index is 0.123. The molecule has 2 heterocycles. The molecule has 0 bridgehead atoms. The maximum Gasteiger partial charge on any atom is 0.227 e. The molecule has 2 aromatic rings. The van der Waals surface area contributed by atoms with Crippen molar-refractivity contribution in [1.82, 2.24) is 5.16 Å². The molecule has 0 saturated heterocycles. The van der Waals surface area contributed by atoms with Gasteiger partial charge in [-0.1, -0.05) is 5.16 Å². The van der Waals surface area contributed by atoms with Crippen LogP contribution in [-0.2, 0) is 11.2 Å². The van der Waals surface area contributed by atoms with E-state index in [1.807, 2.05) is 24.3 Å². The van der Waals surface area contributed by atoms with Crippen LogP contribution in [0.1, 0.15) is 17.7 Å². The fourth-order valence-corrected chi connectivity index (χ4v) is 2.79. The highest BCUT2D eigenvalue weighted by atomic mass is 79.9. The summed E-state index contributed by atoms with van der Waals surface area (Å²) in [5, 5.41) is 12.6. The van der Waals surface area contributed by atoms with E-state index in [1.165, 1.54) is 0 Å². The minimum Gasteiger partial charge on any atom is -0.354 e. The van der Waals surface area contributed by atoms with Gasteiger partial charge in [-0.3, -0.25) is 4.79 Å². The first-order chi connectivity index (χ1) is 9.61. The van der Waals surface area contributed by atoms with Gasteiger partial charge in [-0.25, -0.2) is 0 Å². The molecule has 0 aliphatic carbocycles. The largest absolute Gasteiger partial charge is 0.354 e. The number of halogens is 1. The number of fused-ring (bicyclic) bond motifs is 1. The summed E-state index contributed by atoms with van der Waals surface area (Å²) in [7, 11) is 1.78. The van der Waals surface area contributed by atoms with Gasteiger partial charge in [-0.05, 0) is 46.1 Å². The van der Waals surface area contributed by atoms with Gasteiger partial charge >= 0.3 is 0 Å². The van der Waals surface area contributed by atoms with Gasteiger partial charge < -0.3 is 9.42 Å². The number of carbonyl (C=O) groups excluding carboxylic acids is 1. The van der Waals surface area contributed by atoms with Gasteiger partial charge in [0.1, 0.15) is 10.5 Å². The highest BCUT2D eigenvalue weighted by Gasteiger charge is 2.22. The highest BCUT2D eigenvalue weighted by molar-refractivity contribution is 9.10. The summed E-state index contributed by atoms with van der Waals surface area (Å²) in [6, 6.07) is 7.69. The molecular formula is C14H10BrN3O2. The van der Waals surface area contributed by atoms with Crippen molar-refractivity contribution < 1.29 is 9.32 Å². The summed E-state index contributed by atoms with van der Waals surface area (Å²) >= 11 is 3.32. The standard InChI is InChI=1S/C14H10BrN3O2/c1-18-11-4-2-9(6-8(11)3-5-12(18)19)14-13(15)10(7-16)17-20-14/h2,4,6H,3,5H2,1H3. The van der Waals surface area contributed by atoms with E-state index < -0.39 is 0 Å². The molecule has 0 atom stereocenters. The third kappa shape index (κ3) is 1.91. The Bertz CT molecular complexity index is 745. The van der Waals surface area contributed by atoms with Crippen molar-refractivity contribution in [1.29, 1.82) is 5.26 Å². The molecule has 0 spiro atoms. The average Bonchev–Trinajstić information content (AvgIpc) is 2.83. The first-order valence-electron chi connectivity index (χ1n) is 6.07. The number of aryl methyl sites for hydroxylation is 1. The number of nitriles is 1. The lowest BCUT2D eigenvalue weighted by molar-refractivity contribution is -0.118. The predicted molar refractivity (Wildman–Crippen MR) is 76.1 cm³/mol. The molecule has 100 valence electrons. The third-order valence-electron chi connectivity index (χ3n) is 3.43. The average molecular weight is 332 g/mol. The summed E-state index contributed by atoms with van der Waals surface area (Å²) in [4.78, 5) is 13.3. The Morgan fingerprint density at radius 2 is 2.25 bits per heavy atom. The number of nitrogens with zero attached hydrogens (tertiary/aromatic N) is 3. The number of amides is 1. The Hall–Kier alpha value is -2.13. The van der Waals surface area contributed by atoms with E-state index in [2.05, 4.69) is 21.1 Å². The molecule has 3 rings (SSSR count). The zero-order valence-corrected chi connectivity index (χ0v) is 12.3. The van der Waals surface area contributed by atoms with Crippen LogP contribution in [0.25, 0.3) is 11.3 Å². The summed E-state index contributed by atoms with van der Waals surface area (Å²) in [6.07, 6.45) is 1.22. The molecule has 1 aliphatic heterocycles. The maximum absolute atomic E-state index is 11.7. The quantitative estimate of drug-likeness (QED) is 0.805. The zero-order chi connectivity index (χ0) is 14.3. The van der Waals surface area contributed by atoms with Gasteiger partial charge in [0, 0.05) is 24.7 Å². The van der Waals surface area contributed by atoms with Gasteiger partial charge in [0.2, 0.25) is 5.91 Å². The van der Waals surface area contributed by atoms with E-state index in [4.69, 9.17) is 9.78 Å². The first kappa shape index (κ1) is 12.9. The topological polar surface area (TPSA) is 70.1 Å². The molecular weight excluding hydrogens is 322 g/mol. The van der Waals surface area contributed by atoms with E-state index in [0.717, 1.165) is 16.8 Å². The number of anilines is 1. The van der Waals surface area contributed by atoms with Gasteiger partial charge in [0.25, 0.3) is 0 Å². The van der Waals surface area contributed by atoms with Crippen molar-refractivity contribution in [3.63, 3.8) is 0 Å². The molecule has 0 unspecified atom stereocenters. The third-order valence-corrected chi connectivity index (χ3v) is 4.16. The van der Waals surface area contributed by atoms with Crippen molar-refractivity contribution in [2.24, 2.45) is 0 Å². The second-order valence-electron chi connectivity index (χ2n) is 4.58. The number of rotatable bonds is 1. The molecule has 0 N–H and O–H groups in total. The lowest BCUT2D eigenvalue weighted by Gasteiger charge is -2.25. The minimum absolute atomic E-state index is 0.123. The summed E-state index contributed by atoms with van der Waals surface area (Å²) < 4.78 is 5.77. The second-order valence-corrected chi connectivity index (χ2v) is 5.38. The lowest BCUT2D eigenvalue weighted by atomic mass is 9.98. The molecule has 20 heavy (non-hydrogen) atoms. The van der Waals surface area contributed by atoms with Gasteiger partial charge in [-0.15, -0.1) is 0 Å². The zero-order valence-electron chi connectivity index (χ0n) is 10.7. The summed E-state index contributed by atoms with van der Waals surface area (Å²) in [6.45, 7) is 0. The Kier molecular flexibility index (Phi) is 3.07. The van der Waals surface area contributed by atoms with Crippen molar-refractivity contribution in [3.05, 3.63) is 33.9 Å². The molecule has 1 amide bonds. The summed E-state index contributed by atoms with van der Waals surface area (Å²) in [5.74, 6) is 0.654. The molecule has 1 aliphatic rings. The number of carbonyl (C=O) groups is 1. The van der Waals surface area contributed by atoms with Crippen LogP contribution in [0.3, 0.4) is 0 Å². The van der Waals surface area contributed by atoms with E-state index in [1.54, 1.807) is 11.9 Å². The van der Waals surface area contributed by atoms with Crippen LogP contribution in [0.4, 0.5) is 5.69 Å². The van der Waals surface area contributed by atoms with Gasteiger partial charge in [-0.2, -0.15) is 5.26 Å². The van der Waals surface area contributed by atoms with Crippen LogP contribution in [-0.4, -0.2) is 18.1 Å². The molecule has 0 fully saturated rings. The number of aromatic nitrogens is 1. The van der Waals surface area contributed by atoms with Crippen LogP contribution >= 0.6 is 15.9 Å². The van der Waals surface area contributed by atoms with Crippen molar-refractivity contribution >= 4 is 27.5 Å². The smallest absolute Gasteiger partial charge is 0.227 e. The van der Waals surface area contributed by atoms with E-state index in [-0.39, 0.29) is 11.6 Å². The summed E-state index contributed by atoms with van der Waals surface area (Å²) in [5.41, 5.74) is 3.07. The number of benzene rings is 1. The molecule has 5 nitrogen and oxygen atoms in total. The molecule has 0 radical (unpaired) electrons. The SMILES string of the molecule is CN1C(=O)CCc2cc(-c3onc(C#N)c3Br)ccc21. The number of hydrogen-bond donors (Lipinski definition) is 0. The number of hydrogen-bond acceptors (Lipinski definition) is 4. The van der Waals surface area contributed by atoms with Crippen LogP contribution in [0.5, 0.6) is 0 Å². The van der Waals surface area contributed by atoms with E-state index in [9.17, 15) is 4.79 Å². The molecule has 6 heteroatoms. The molecule has 0 saturated carbocycles. The maximum atomic E-state index is 11.7. The monoisotopic (exact) mass is 331 g/mol. The fraction of sp³-hybridized carbons (Fsp3) is 0.214. The molecule has 1 aromatic heterocycles. The first-order valence-corrected chi connectivity index (χ1v) is 6.86. The Labute approximate surface area is 123 Å². The van der Waals surface area contributed by atoms with Gasteiger partial charge in [0.05, 0.1) is 0 Å². The predicted octanol–water partition coefficient (Wildman–Crippen LogP) is 2.88. The van der Waals surface area contributed by atoms with Crippen molar-refractivity contribution in [2.45, 2.75) is 12.8 Å². The Morgan fingerprint density at radius 3 is 2.95 bits per heavy atom. The van der Waals surface area contributed by atoms with Crippen LogP contribution in [0.15, 0.2) is 27.2 Å². The Morgan fingerprint density at radius 1 is 1.45 bits per heavy atom. The highest BCUT2D eigenvalue weighted by Crippen LogP contribution is 2.35. The second kappa shape index (κ2) is 4.76. The van der Waals surface area contributed by atoms with E-state index >= 15 is 0 Å². The lowest BCUT2D eigenvalue weighted by Crippen LogP contribution is -2.30.